The Bertz CT molecular complexity index is 1690. The molecule has 0 heterocycles. The SMILES string of the molecule is CCCNC(=O)[C@H](Cc1ccccc1)N(Cc1c(Cl)cccc1Cl)C(=O)CN(c1ccc(C)cc1)S(=O)(=O)c1ccc(C)cc1. The van der Waals surface area contributed by atoms with Gasteiger partial charge in [-0.25, -0.2) is 8.42 Å². The van der Waals surface area contributed by atoms with Crippen molar-refractivity contribution >= 4 is 50.7 Å². The van der Waals surface area contributed by atoms with Crippen LogP contribution < -0.4 is 9.62 Å². The van der Waals surface area contributed by atoms with Crippen molar-refractivity contribution in [2.24, 2.45) is 0 Å². The molecule has 0 aliphatic heterocycles. The number of rotatable bonds is 13. The summed E-state index contributed by atoms with van der Waals surface area (Å²) in [7, 11) is -4.19. The van der Waals surface area contributed by atoms with E-state index >= 15 is 0 Å². The first-order valence-corrected chi connectivity index (χ1v) is 16.9. The van der Waals surface area contributed by atoms with E-state index < -0.39 is 28.5 Å². The van der Waals surface area contributed by atoms with Crippen LogP contribution in [0.5, 0.6) is 0 Å². The summed E-state index contributed by atoms with van der Waals surface area (Å²) in [6, 6.07) is 26.8. The highest BCUT2D eigenvalue weighted by molar-refractivity contribution is 7.92. The molecule has 1 atom stereocenters. The zero-order valence-electron chi connectivity index (χ0n) is 25.5. The Morgan fingerprint density at radius 3 is 1.96 bits per heavy atom. The van der Waals surface area contributed by atoms with Crippen molar-refractivity contribution in [1.29, 1.82) is 0 Å². The fourth-order valence-corrected chi connectivity index (χ4v) is 6.78. The second-order valence-electron chi connectivity index (χ2n) is 10.9. The molecule has 2 amide bonds. The number of nitrogens with zero attached hydrogens (tertiary/aromatic N) is 2. The van der Waals surface area contributed by atoms with Gasteiger partial charge in [0.1, 0.15) is 12.6 Å². The largest absolute Gasteiger partial charge is 0.354 e. The zero-order chi connectivity index (χ0) is 32.6. The minimum absolute atomic E-state index is 0.0451. The van der Waals surface area contributed by atoms with Crippen molar-refractivity contribution in [3.05, 3.63) is 129 Å². The topological polar surface area (TPSA) is 86.8 Å². The van der Waals surface area contributed by atoms with E-state index in [-0.39, 0.29) is 23.8 Å². The number of hydrogen-bond acceptors (Lipinski definition) is 4. The average molecular weight is 667 g/mol. The van der Waals surface area contributed by atoms with Crippen LogP contribution in [0.4, 0.5) is 5.69 Å². The molecule has 4 aromatic rings. The van der Waals surface area contributed by atoms with Gasteiger partial charge in [-0.2, -0.15) is 0 Å². The summed E-state index contributed by atoms with van der Waals surface area (Å²) >= 11 is 13.1. The molecule has 4 rings (SSSR count). The van der Waals surface area contributed by atoms with Crippen molar-refractivity contribution in [2.75, 3.05) is 17.4 Å². The molecule has 0 aromatic heterocycles. The minimum atomic E-state index is -4.19. The summed E-state index contributed by atoms with van der Waals surface area (Å²) in [5, 5.41) is 3.58. The van der Waals surface area contributed by atoms with Crippen LogP contribution >= 0.6 is 23.2 Å². The molecular formula is C35H37Cl2N3O4S. The average Bonchev–Trinajstić information content (AvgIpc) is 3.02. The smallest absolute Gasteiger partial charge is 0.264 e. The van der Waals surface area contributed by atoms with Crippen molar-refractivity contribution < 1.29 is 18.0 Å². The minimum Gasteiger partial charge on any atom is -0.354 e. The van der Waals surface area contributed by atoms with Crippen molar-refractivity contribution in [2.45, 2.75) is 51.1 Å². The van der Waals surface area contributed by atoms with Gasteiger partial charge < -0.3 is 10.2 Å². The van der Waals surface area contributed by atoms with Crippen molar-refractivity contribution in [3.63, 3.8) is 0 Å². The summed E-state index contributed by atoms with van der Waals surface area (Å²) in [6.45, 7) is 5.44. The standard InChI is InChI=1S/C35H37Cl2N3O4S/c1-4-21-38-35(42)33(22-27-9-6-5-7-10-27)39(23-30-31(36)11-8-12-32(30)37)34(41)24-40(28-17-13-25(2)14-18-28)45(43,44)29-19-15-26(3)16-20-29/h5-20,33H,4,21-24H2,1-3H3,(H,38,42)/t33-/m0/s1. The van der Waals surface area contributed by atoms with Gasteiger partial charge in [0.05, 0.1) is 10.6 Å². The number of anilines is 1. The Labute approximate surface area is 275 Å². The quantitative estimate of drug-likeness (QED) is 0.167. The van der Waals surface area contributed by atoms with Crippen LogP contribution in [0.3, 0.4) is 0 Å². The zero-order valence-corrected chi connectivity index (χ0v) is 27.9. The highest BCUT2D eigenvalue weighted by atomic mass is 35.5. The molecule has 45 heavy (non-hydrogen) atoms. The van der Waals surface area contributed by atoms with Crippen LogP contribution in [-0.2, 0) is 32.6 Å². The lowest BCUT2D eigenvalue weighted by Gasteiger charge is -2.34. The Balaban J connectivity index is 1.82. The van der Waals surface area contributed by atoms with Gasteiger partial charge >= 0.3 is 0 Å². The molecule has 236 valence electrons. The number of hydrogen-bond donors (Lipinski definition) is 1. The van der Waals surface area contributed by atoms with E-state index in [1.54, 1.807) is 54.6 Å². The molecule has 0 saturated heterocycles. The van der Waals surface area contributed by atoms with Crippen LogP contribution in [0.15, 0.2) is 102 Å². The van der Waals surface area contributed by atoms with E-state index in [1.165, 1.54) is 17.0 Å². The molecule has 0 spiro atoms. The van der Waals surface area contributed by atoms with Crippen LogP contribution in [0.25, 0.3) is 0 Å². The molecule has 7 nitrogen and oxygen atoms in total. The number of sulfonamides is 1. The third-order valence-electron chi connectivity index (χ3n) is 7.42. The summed E-state index contributed by atoms with van der Waals surface area (Å²) in [5.41, 5.74) is 3.44. The first-order chi connectivity index (χ1) is 21.5. The van der Waals surface area contributed by atoms with Crippen molar-refractivity contribution in [3.8, 4) is 0 Å². The molecule has 0 fully saturated rings. The van der Waals surface area contributed by atoms with Crippen LogP contribution in [-0.4, -0.2) is 44.3 Å². The third kappa shape index (κ3) is 8.66. The van der Waals surface area contributed by atoms with E-state index in [1.807, 2.05) is 51.1 Å². The maximum atomic E-state index is 14.5. The van der Waals surface area contributed by atoms with Gasteiger partial charge in [-0.05, 0) is 62.2 Å². The van der Waals surface area contributed by atoms with Gasteiger partial charge in [0.15, 0.2) is 0 Å². The number of amides is 2. The molecule has 0 unspecified atom stereocenters. The van der Waals surface area contributed by atoms with E-state index in [2.05, 4.69) is 5.32 Å². The van der Waals surface area contributed by atoms with E-state index in [0.29, 0.717) is 34.3 Å². The number of carbonyl (C=O) groups excluding carboxylic acids is 2. The highest BCUT2D eigenvalue weighted by Gasteiger charge is 2.35. The Hall–Kier alpha value is -3.85. The summed E-state index contributed by atoms with van der Waals surface area (Å²) in [6.07, 6.45) is 0.892. The van der Waals surface area contributed by atoms with Crippen LogP contribution in [0, 0.1) is 13.8 Å². The summed E-state index contributed by atoms with van der Waals surface area (Å²) in [4.78, 5) is 29.7. The van der Waals surface area contributed by atoms with Gasteiger partial charge in [-0.1, -0.05) is 102 Å². The fraction of sp³-hybridized carbons (Fsp3) is 0.257. The first kappa shape index (κ1) is 34.0. The maximum absolute atomic E-state index is 14.5. The van der Waals surface area contributed by atoms with Crippen LogP contribution in [0.1, 0.15) is 35.6 Å². The summed E-state index contributed by atoms with van der Waals surface area (Å²) < 4.78 is 29.3. The predicted octanol–water partition coefficient (Wildman–Crippen LogP) is 6.97. The number of nitrogens with one attached hydrogen (secondary N) is 1. The lowest BCUT2D eigenvalue weighted by Crippen LogP contribution is -2.53. The Morgan fingerprint density at radius 1 is 0.800 bits per heavy atom. The lowest BCUT2D eigenvalue weighted by molar-refractivity contribution is -0.140. The fourth-order valence-electron chi connectivity index (χ4n) is 4.85. The maximum Gasteiger partial charge on any atom is 0.264 e. The van der Waals surface area contributed by atoms with Gasteiger partial charge in [0, 0.05) is 35.1 Å². The highest BCUT2D eigenvalue weighted by Crippen LogP contribution is 2.29. The molecular weight excluding hydrogens is 629 g/mol. The van der Waals surface area contributed by atoms with E-state index in [0.717, 1.165) is 21.0 Å². The second-order valence-corrected chi connectivity index (χ2v) is 13.6. The van der Waals surface area contributed by atoms with E-state index in [4.69, 9.17) is 23.2 Å². The molecule has 4 aromatic carbocycles. The molecule has 0 saturated carbocycles. The normalized spacial score (nSPS) is 11.9. The van der Waals surface area contributed by atoms with Gasteiger partial charge in [0.2, 0.25) is 11.8 Å². The second kappa shape index (κ2) is 15.4. The first-order valence-electron chi connectivity index (χ1n) is 14.7. The number of benzene rings is 4. The number of halogens is 2. The molecule has 1 N–H and O–H groups in total. The summed E-state index contributed by atoms with van der Waals surface area (Å²) in [5.74, 6) is -0.949. The predicted molar refractivity (Wildman–Crippen MR) is 181 cm³/mol. The lowest BCUT2D eigenvalue weighted by atomic mass is 10.0. The molecule has 0 aliphatic carbocycles. The van der Waals surface area contributed by atoms with Crippen molar-refractivity contribution in [1.82, 2.24) is 10.2 Å². The van der Waals surface area contributed by atoms with Gasteiger partial charge in [-0.3, -0.25) is 13.9 Å². The molecule has 10 heteroatoms. The number of carbonyl (C=O) groups is 2. The third-order valence-corrected chi connectivity index (χ3v) is 9.92. The number of aryl methyl sites for hydroxylation is 2. The van der Waals surface area contributed by atoms with Gasteiger partial charge in [-0.15, -0.1) is 0 Å². The van der Waals surface area contributed by atoms with Gasteiger partial charge in [0.25, 0.3) is 10.0 Å². The van der Waals surface area contributed by atoms with E-state index in [9.17, 15) is 18.0 Å². The molecule has 0 bridgehead atoms. The Morgan fingerprint density at radius 2 is 1.38 bits per heavy atom. The molecule has 0 radical (unpaired) electrons. The monoisotopic (exact) mass is 665 g/mol. The molecule has 0 aliphatic rings. The van der Waals surface area contributed by atoms with Crippen LogP contribution in [0.2, 0.25) is 10.0 Å². The Kier molecular flexibility index (Phi) is 11.7.